The van der Waals surface area contributed by atoms with Crippen molar-refractivity contribution >= 4 is 19.5 Å². The average molecular weight is 398 g/mol. The average Bonchev–Trinajstić information content (AvgIpc) is 2.57. The topological polar surface area (TPSA) is 129 Å². The van der Waals surface area contributed by atoms with E-state index in [1.807, 2.05) is 13.8 Å². The highest BCUT2D eigenvalue weighted by atomic mass is 31.2. The van der Waals surface area contributed by atoms with Crippen LogP contribution in [0.4, 0.5) is 0 Å². The standard InChI is InChI=1S/C16H31O9P/c1-5-9-11-23-14(17)13(22-7-3)16(25-8-4,26(19,20)21)15(18)24-12-10-6-2/h13H,5-12H2,1-4H3,(H2,19,20,21). The number of hydrogen-bond acceptors (Lipinski definition) is 7. The minimum Gasteiger partial charge on any atom is -0.464 e. The third kappa shape index (κ3) is 6.63. The van der Waals surface area contributed by atoms with Gasteiger partial charge in [-0.15, -0.1) is 0 Å². The minimum absolute atomic E-state index is 0.0349. The van der Waals surface area contributed by atoms with Gasteiger partial charge in [0.2, 0.25) is 6.10 Å². The summed E-state index contributed by atoms with van der Waals surface area (Å²) in [6.45, 7) is 6.34. The quantitative estimate of drug-likeness (QED) is 0.256. The largest absolute Gasteiger partial charge is 0.464 e. The Balaban J connectivity index is 5.89. The highest BCUT2D eigenvalue weighted by Gasteiger charge is 2.65. The lowest BCUT2D eigenvalue weighted by atomic mass is 10.2. The molecule has 2 N–H and O–H groups in total. The number of rotatable bonds is 14. The molecule has 0 aliphatic carbocycles. The van der Waals surface area contributed by atoms with E-state index in [9.17, 15) is 23.9 Å². The maximum Gasteiger partial charge on any atom is 0.372 e. The molecular weight excluding hydrogens is 367 g/mol. The molecule has 0 bridgehead atoms. The molecule has 0 aromatic heterocycles. The Labute approximate surface area is 154 Å². The lowest BCUT2D eigenvalue weighted by molar-refractivity contribution is -0.192. The normalized spacial score (nSPS) is 15.2. The van der Waals surface area contributed by atoms with Crippen molar-refractivity contribution < 1.29 is 42.9 Å². The third-order valence-corrected chi connectivity index (χ3v) is 4.88. The lowest BCUT2D eigenvalue weighted by Gasteiger charge is -2.36. The molecule has 0 aromatic rings. The number of unbranched alkanes of at least 4 members (excludes halogenated alkanes) is 2. The zero-order valence-corrected chi connectivity index (χ0v) is 16.8. The first-order valence-corrected chi connectivity index (χ1v) is 10.5. The van der Waals surface area contributed by atoms with Crippen molar-refractivity contribution in [2.75, 3.05) is 26.4 Å². The summed E-state index contributed by atoms with van der Waals surface area (Å²) in [6, 6.07) is 0. The van der Waals surface area contributed by atoms with Crippen LogP contribution in [0, 0.1) is 0 Å². The summed E-state index contributed by atoms with van der Waals surface area (Å²) < 4.78 is 32.6. The van der Waals surface area contributed by atoms with E-state index in [0.717, 1.165) is 6.42 Å². The van der Waals surface area contributed by atoms with E-state index >= 15 is 0 Å². The molecule has 0 spiro atoms. The van der Waals surface area contributed by atoms with Crippen LogP contribution in [-0.4, -0.2) is 59.6 Å². The fourth-order valence-corrected chi connectivity index (χ4v) is 3.22. The summed E-state index contributed by atoms with van der Waals surface area (Å²) in [6.07, 6.45) is 0.567. The Morgan fingerprint density at radius 2 is 1.50 bits per heavy atom. The van der Waals surface area contributed by atoms with Gasteiger partial charge in [0.05, 0.1) is 13.2 Å². The first-order chi connectivity index (χ1) is 12.2. The van der Waals surface area contributed by atoms with E-state index in [1.165, 1.54) is 13.8 Å². The molecule has 0 aliphatic rings. The van der Waals surface area contributed by atoms with Gasteiger partial charge in [0.25, 0.3) is 0 Å². The Bertz CT molecular complexity index is 476. The fraction of sp³-hybridized carbons (Fsp3) is 0.875. The lowest BCUT2D eigenvalue weighted by Crippen LogP contribution is -2.57. The number of ether oxygens (including phenoxy) is 4. The Morgan fingerprint density at radius 3 is 1.92 bits per heavy atom. The first-order valence-electron chi connectivity index (χ1n) is 8.87. The molecule has 0 amide bonds. The first kappa shape index (κ1) is 25.0. The summed E-state index contributed by atoms with van der Waals surface area (Å²) in [5.74, 6) is -2.42. The molecule has 0 radical (unpaired) electrons. The number of carbonyl (C=O) groups is 2. The molecule has 26 heavy (non-hydrogen) atoms. The van der Waals surface area contributed by atoms with Gasteiger partial charge in [0.1, 0.15) is 0 Å². The Hall–Kier alpha value is -0.990. The maximum absolute atomic E-state index is 12.6. The van der Waals surface area contributed by atoms with Crippen LogP contribution in [0.5, 0.6) is 0 Å². The van der Waals surface area contributed by atoms with E-state index in [4.69, 9.17) is 18.9 Å². The van der Waals surface area contributed by atoms with E-state index < -0.39 is 31.0 Å². The molecule has 2 atom stereocenters. The van der Waals surface area contributed by atoms with Gasteiger partial charge in [-0.05, 0) is 26.7 Å². The van der Waals surface area contributed by atoms with Gasteiger partial charge < -0.3 is 28.7 Å². The highest BCUT2D eigenvalue weighted by molar-refractivity contribution is 7.54. The van der Waals surface area contributed by atoms with Gasteiger partial charge in [-0.25, -0.2) is 9.59 Å². The minimum atomic E-state index is -5.33. The monoisotopic (exact) mass is 398 g/mol. The number of hydrogen-bond donors (Lipinski definition) is 2. The molecule has 154 valence electrons. The molecule has 0 rings (SSSR count). The van der Waals surface area contributed by atoms with Crippen molar-refractivity contribution in [1.82, 2.24) is 0 Å². The highest BCUT2D eigenvalue weighted by Crippen LogP contribution is 2.55. The summed E-state index contributed by atoms with van der Waals surface area (Å²) in [5, 5.41) is -2.91. The SMILES string of the molecule is CCCCOC(=O)C(OCC)C(OCC)(C(=O)OCCCC)P(=O)(O)O. The van der Waals surface area contributed by atoms with E-state index in [-0.39, 0.29) is 26.4 Å². The maximum atomic E-state index is 12.6. The van der Waals surface area contributed by atoms with Gasteiger partial charge in [-0.2, -0.15) is 0 Å². The Morgan fingerprint density at radius 1 is 0.962 bits per heavy atom. The zero-order valence-electron chi connectivity index (χ0n) is 15.9. The molecular formula is C16H31O9P. The van der Waals surface area contributed by atoms with Crippen LogP contribution >= 0.6 is 7.60 Å². The van der Waals surface area contributed by atoms with Gasteiger partial charge in [-0.1, -0.05) is 26.7 Å². The molecule has 0 fully saturated rings. The molecule has 0 saturated carbocycles. The van der Waals surface area contributed by atoms with Gasteiger partial charge in [0, 0.05) is 13.2 Å². The molecule has 0 saturated heterocycles. The van der Waals surface area contributed by atoms with Crippen LogP contribution in [0.15, 0.2) is 0 Å². The summed E-state index contributed by atoms with van der Waals surface area (Å²) in [7, 11) is -5.33. The molecule has 0 aliphatic heterocycles. The van der Waals surface area contributed by atoms with Crippen molar-refractivity contribution in [1.29, 1.82) is 0 Å². The summed E-state index contributed by atoms with van der Waals surface area (Å²) in [4.78, 5) is 44.8. The summed E-state index contributed by atoms with van der Waals surface area (Å²) in [5.41, 5.74) is 0. The van der Waals surface area contributed by atoms with Crippen LogP contribution in [-0.2, 0) is 33.1 Å². The van der Waals surface area contributed by atoms with E-state index in [2.05, 4.69) is 0 Å². The predicted molar refractivity (Wildman–Crippen MR) is 93.5 cm³/mol. The molecule has 0 aromatic carbocycles. The smallest absolute Gasteiger partial charge is 0.372 e. The second kappa shape index (κ2) is 12.4. The number of esters is 2. The Kier molecular flexibility index (Phi) is 11.9. The zero-order chi connectivity index (χ0) is 20.2. The fourth-order valence-electron chi connectivity index (χ4n) is 2.13. The van der Waals surface area contributed by atoms with Gasteiger partial charge in [-0.3, -0.25) is 4.57 Å². The van der Waals surface area contributed by atoms with Crippen LogP contribution in [0.3, 0.4) is 0 Å². The van der Waals surface area contributed by atoms with E-state index in [1.54, 1.807) is 0 Å². The van der Waals surface area contributed by atoms with Crippen LogP contribution < -0.4 is 0 Å². The number of carbonyl (C=O) groups excluding carboxylic acids is 2. The van der Waals surface area contributed by atoms with Crippen molar-refractivity contribution in [2.45, 2.75) is 64.8 Å². The second-order valence-electron chi connectivity index (χ2n) is 5.52. The van der Waals surface area contributed by atoms with E-state index in [0.29, 0.717) is 19.3 Å². The third-order valence-electron chi connectivity index (χ3n) is 3.47. The second-order valence-corrected chi connectivity index (χ2v) is 7.27. The molecule has 10 heteroatoms. The van der Waals surface area contributed by atoms with Gasteiger partial charge >= 0.3 is 24.9 Å². The predicted octanol–water partition coefficient (Wildman–Crippen LogP) is 1.99. The van der Waals surface area contributed by atoms with Crippen molar-refractivity contribution in [2.24, 2.45) is 0 Å². The molecule has 2 unspecified atom stereocenters. The molecule has 9 nitrogen and oxygen atoms in total. The van der Waals surface area contributed by atoms with Crippen molar-refractivity contribution in [3.8, 4) is 0 Å². The van der Waals surface area contributed by atoms with Gasteiger partial charge in [0.15, 0.2) is 0 Å². The van der Waals surface area contributed by atoms with Crippen LogP contribution in [0.1, 0.15) is 53.4 Å². The van der Waals surface area contributed by atoms with Crippen LogP contribution in [0.2, 0.25) is 0 Å². The van der Waals surface area contributed by atoms with Crippen LogP contribution in [0.25, 0.3) is 0 Å². The summed E-state index contributed by atoms with van der Waals surface area (Å²) >= 11 is 0. The van der Waals surface area contributed by atoms with Crippen molar-refractivity contribution in [3.63, 3.8) is 0 Å². The van der Waals surface area contributed by atoms with Crippen molar-refractivity contribution in [3.05, 3.63) is 0 Å². The molecule has 0 heterocycles.